The lowest BCUT2D eigenvalue weighted by atomic mass is 9.91. The molecule has 0 spiro atoms. The zero-order valence-corrected chi connectivity index (χ0v) is 14.6. The molecular weight excluding hydrogens is 328 g/mol. The first-order valence-corrected chi connectivity index (χ1v) is 9.18. The number of phenolic OH excluding ortho intramolecular Hbond substituents is 1. The van der Waals surface area contributed by atoms with Gasteiger partial charge in [0.15, 0.2) is 0 Å². The first-order valence-electron chi connectivity index (χ1n) is 9.18. The molecule has 0 aliphatic carbocycles. The van der Waals surface area contributed by atoms with Crippen molar-refractivity contribution < 1.29 is 5.11 Å². The zero-order chi connectivity index (χ0) is 18.0. The Balaban J connectivity index is 2.00. The van der Waals surface area contributed by atoms with Crippen LogP contribution in [0.5, 0.6) is 5.75 Å². The van der Waals surface area contributed by atoms with Gasteiger partial charge in [0, 0.05) is 0 Å². The molecule has 1 N–H and O–H groups in total. The number of fused-ring (bicyclic) bond motifs is 9. The Morgan fingerprint density at radius 2 is 0.926 bits per heavy atom. The van der Waals surface area contributed by atoms with Gasteiger partial charge in [-0.2, -0.15) is 0 Å². The van der Waals surface area contributed by atoms with Crippen LogP contribution in [0.1, 0.15) is 0 Å². The van der Waals surface area contributed by atoms with Crippen molar-refractivity contribution in [1.29, 1.82) is 0 Å². The molecule has 1 nitrogen and oxygen atoms in total. The summed E-state index contributed by atoms with van der Waals surface area (Å²) in [6, 6.07) is 31.8. The first kappa shape index (κ1) is 14.6. The normalized spacial score (nSPS) is 11.9. The third-order valence-electron chi connectivity index (χ3n) is 5.67. The van der Waals surface area contributed by atoms with Crippen molar-refractivity contribution in [2.75, 3.05) is 0 Å². The first-order chi connectivity index (χ1) is 13.3. The van der Waals surface area contributed by atoms with Crippen molar-refractivity contribution >= 4 is 53.9 Å². The SMILES string of the molecule is Oc1ccc2c(ccc3ccc4ccc5ccc6ccccc6c5c4c32)c1. The van der Waals surface area contributed by atoms with Gasteiger partial charge in [-0.15, -0.1) is 0 Å². The molecule has 6 aromatic carbocycles. The Labute approximate surface area is 156 Å². The van der Waals surface area contributed by atoms with Crippen molar-refractivity contribution in [2.45, 2.75) is 0 Å². The molecule has 0 fully saturated rings. The maximum atomic E-state index is 9.93. The van der Waals surface area contributed by atoms with Crippen LogP contribution in [-0.2, 0) is 0 Å². The van der Waals surface area contributed by atoms with E-state index in [9.17, 15) is 5.11 Å². The van der Waals surface area contributed by atoms with Crippen LogP contribution in [-0.4, -0.2) is 5.11 Å². The molecule has 6 rings (SSSR count). The third kappa shape index (κ3) is 2.00. The van der Waals surface area contributed by atoms with Gasteiger partial charge in [-0.05, 0) is 66.0 Å². The summed E-state index contributed by atoms with van der Waals surface area (Å²) in [5, 5.41) is 22.3. The van der Waals surface area contributed by atoms with E-state index in [1.807, 2.05) is 12.1 Å². The number of rotatable bonds is 0. The number of hydrogen-bond acceptors (Lipinski definition) is 1. The van der Waals surface area contributed by atoms with E-state index < -0.39 is 0 Å². The van der Waals surface area contributed by atoms with E-state index in [-0.39, 0.29) is 0 Å². The smallest absolute Gasteiger partial charge is 0.116 e. The van der Waals surface area contributed by atoms with Gasteiger partial charge >= 0.3 is 0 Å². The van der Waals surface area contributed by atoms with Crippen LogP contribution in [0.25, 0.3) is 53.9 Å². The predicted molar refractivity (Wildman–Crippen MR) is 116 cm³/mol. The molecule has 0 saturated carbocycles. The fourth-order valence-electron chi connectivity index (χ4n) is 4.45. The molecule has 0 aromatic heterocycles. The molecule has 0 heterocycles. The Morgan fingerprint density at radius 3 is 1.63 bits per heavy atom. The van der Waals surface area contributed by atoms with E-state index in [1.54, 1.807) is 6.07 Å². The Bertz CT molecular complexity index is 1520. The van der Waals surface area contributed by atoms with Crippen LogP contribution >= 0.6 is 0 Å². The molecule has 0 aliphatic heterocycles. The standard InChI is InChI=1S/C26H16O/c27-21-13-14-23-20(15-21)12-11-18-8-10-19-9-7-17-6-5-16-3-1-2-4-22(16)24(17)26(19)25(18)23/h1-15,27H. The zero-order valence-electron chi connectivity index (χ0n) is 14.6. The molecule has 27 heavy (non-hydrogen) atoms. The molecular formula is C26H16O. The Hall–Kier alpha value is -3.58. The number of aromatic hydroxyl groups is 1. The summed E-state index contributed by atoms with van der Waals surface area (Å²) >= 11 is 0. The Morgan fingerprint density at radius 1 is 0.407 bits per heavy atom. The highest BCUT2D eigenvalue weighted by Crippen LogP contribution is 2.39. The van der Waals surface area contributed by atoms with Crippen LogP contribution in [0.4, 0.5) is 0 Å². The van der Waals surface area contributed by atoms with Gasteiger partial charge in [-0.25, -0.2) is 0 Å². The fraction of sp³-hybridized carbons (Fsp3) is 0. The molecule has 0 atom stereocenters. The van der Waals surface area contributed by atoms with E-state index >= 15 is 0 Å². The second-order valence-corrected chi connectivity index (χ2v) is 7.18. The minimum Gasteiger partial charge on any atom is -0.508 e. The highest BCUT2D eigenvalue weighted by Gasteiger charge is 2.11. The summed E-state index contributed by atoms with van der Waals surface area (Å²) in [4.78, 5) is 0. The van der Waals surface area contributed by atoms with Gasteiger partial charge in [0.25, 0.3) is 0 Å². The molecule has 126 valence electrons. The Kier molecular flexibility index (Phi) is 2.81. The summed E-state index contributed by atoms with van der Waals surface area (Å²) in [7, 11) is 0. The van der Waals surface area contributed by atoms with E-state index in [0.717, 1.165) is 5.39 Å². The van der Waals surface area contributed by atoms with E-state index in [0.29, 0.717) is 5.75 Å². The van der Waals surface area contributed by atoms with Gasteiger partial charge in [0.05, 0.1) is 0 Å². The van der Waals surface area contributed by atoms with Crippen LogP contribution in [0.2, 0.25) is 0 Å². The fourth-order valence-corrected chi connectivity index (χ4v) is 4.45. The molecule has 1 heteroatoms. The predicted octanol–water partition coefficient (Wildman–Crippen LogP) is 7.16. The van der Waals surface area contributed by atoms with E-state index in [4.69, 9.17) is 0 Å². The van der Waals surface area contributed by atoms with Crippen molar-refractivity contribution in [3.63, 3.8) is 0 Å². The van der Waals surface area contributed by atoms with Crippen LogP contribution < -0.4 is 0 Å². The molecule has 0 bridgehead atoms. The van der Waals surface area contributed by atoms with Crippen LogP contribution in [0.3, 0.4) is 0 Å². The molecule has 0 unspecified atom stereocenters. The second-order valence-electron chi connectivity index (χ2n) is 7.18. The quantitative estimate of drug-likeness (QED) is 0.290. The topological polar surface area (TPSA) is 20.2 Å². The number of phenols is 1. The summed E-state index contributed by atoms with van der Waals surface area (Å²) in [5.74, 6) is 0.303. The van der Waals surface area contributed by atoms with Crippen molar-refractivity contribution in [2.24, 2.45) is 0 Å². The average molecular weight is 344 g/mol. The van der Waals surface area contributed by atoms with Gasteiger partial charge in [-0.1, -0.05) is 78.9 Å². The monoisotopic (exact) mass is 344 g/mol. The van der Waals surface area contributed by atoms with Gasteiger partial charge < -0.3 is 5.11 Å². The maximum absolute atomic E-state index is 9.93. The average Bonchev–Trinajstić information content (AvgIpc) is 2.72. The lowest BCUT2D eigenvalue weighted by Crippen LogP contribution is -1.85. The lowest BCUT2D eigenvalue weighted by molar-refractivity contribution is 0.476. The number of hydrogen-bond donors (Lipinski definition) is 1. The highest BCUT2D eigenvalue weighted by atomic mass is 16.3. The van der Waals surface area contributed by atoms with Gasteiger partial charge in [0.2, 0.25) is 0 Å². The van der Waals surface area contributed by atoms with Crippen LogP contribution in [0.15, 0.2) is 91.0 Å². The van der Waals surface area contributed by atoms with Crippen molar-refractivity contribution in [3.05, 3.63) is 91.0 Å². The van der Waals surface area contributed by atoms with Crippen molar-refractivity contribution in [3.8, 4) is 5.75 Å². The lowest BCUT2D eigenvalue weighted by Gasteiger charge is -2.13. The summed E-state index contributed by atoms with van der Waals surface area (Å²) < 4.78 is 0. The molecule has 0 amide bonds. The van der Waals surface area contributed by atoms with E-state index in [2.05, 4.69) is 72.8 Å². The maximum Gasteiger partial charge on any atom is 0.116 e. The molecule has 0 radical (unpaired) electrons. The molecule has 6 aromatic rings. The highest BCUT2D eigenvalue weighted by molar-refractivity contribution is 6.32. The van der Waals surface area contributed by atoms with Gasteiger partial charge in [0.1, 0.15) is 5.75 Å². The molecule has 0 aliphatic rings. The summed E-state index contributed by atoms with van der Waals surface area (Å²) in [6.07, 6.45) is 0. The van der Waals surface area contributed by atoms with Crippen molar-refractivity contribution in [1.82, 2.24) is 0 Å². The van der Waals surface area contributed by atoms with Crippen LogP contribution in [0, 0.1) is 0 Å². The molecule has 0 saturated heterocycles. The number of benzene rings is 6. The summed E-state index contributed by atoms with van der Waals surface area (Å²) in [6.45, 7) is 0. The van der Waals surface area contributed by atoms with Gasteiger partial charge in [-0.3, -0.25) is 0 Å². The summed E-state index contributed by atoms with van der Waals surface area (Å²) in [5.41, 5.74) is 0. The third-order valence-corrected chi connectivity index (χ3v) is 5.67. The largest absolute Gasteiger partial charge is 0.508 e. The van der Waals surface area contributed by atoms with E-state index in [1.165, 1.54) is 48.5 Å². The minimum absolute atomic E-state index is 0.303. The second kappa shape index (κ2) is 5.21. The minimum atomic E-state index is 0.303.